The highest BCUT2D eigenvalue weighted by Gasteiger charge is 2.27. The van der Waals surface area contributed by atoms with Gasteiger partial charge in [-0.15, -0.1) is 0 Å². The molecule has 0 spiro atoms. The number of nitrogens with zero attached hydrogens (tertiary/aromatic N) is 4. The zero-order valence-corrected chi connectivity index (χ0v) is 17.1. The maximum Gasteiger partial charge on any atom is 0.243 e. The Morgan fingerprint density at radius 1 is 0.931 bits per heavy atom. The van der Waals surface area contributed by atoms with E-state index in [4.69, 9.17) is 4.98 Å². The van der Waals surface area contributed by atoms with Crippen molar-refractivity contribution < 1.29 is 12.8 Å². The van der Waals surface area contributed by atoms with Crippen LogP contribution in [0.15, 0.2) is 53.4 Å². The number of para-hydroxylation sites is 2. The molecule has 3 aromatic rings. The monoisotopic (exact) mass is 414 g/mol. The molecule has 29 heavy (non-hydrogen) atoms. The lowest BCUT2D eigenvalue weighted by Gasteiger charge is -2.22. The van der Waals surface area contributed by atoms with Gasteiger partial charge in [-0.2, -0.15) is 4.31 Å². The molecule has 1 aliphatic rings. The number of sulfonamides is 1. The number of rotatable bonds is 4. The SMILES string of the molecule is Cc1nc2ccccc2nc1CN1CCCN(S(=O)(=O)c2ccc(F)cc2)CC1. The molecule has 0 saturated carbocycles. The Balaban J connectivity index is 1.48. The van der Waals surface area contributed by atoms with E-state index in [2.05, 4.69) is 9.88 Å². The molecule has 0 radical (unpaired) electrons. The molecule has 0 amide bonds. The van der Waals surface area contributed by atoms with E-state index in [9.17, 15) is 12.8 Å². The van der Waals surface area contributed by atoms with E-state index in [-0.39, 0.29) is 4.90 Å². The molecule has 0 atom stereocenters. The molecule has 1 aromatic heterocycles. The number of hydrogen-bond acceptors (Lipinski definition) is 5. The number of fused-ring (bicyclic) bond motifs is 1. The third-order valence-electron chi connectivity index (χ3n) is 5.22. The van der Waals surface area contributed by atoms with E-state index in [1.807, 2.05) is 31.2 Å². The van der Waals surface area contributed by atoms with Gasteiger partial charge in [0.15, 0.2) is 0 Å². The fraction of sp³-hybridized carbons (Fsp3) is 0.333. The summed E-state index contributed by atoms with van der Waals surface area (Å²) in [5.74, 6) is -0.446. The maximum atomic E-state index is 13.1. The highest BCUT2D eigenvalue weighted by molar-refractivity contribution is 7.89. The molecule has 152 valence electrons. The van der Waals surface area contributed by atoms with Gasteiger partial charge < -0.3 is 0 Å². The maximum absolute atomic E-state index is 13.1. The van der Waals surface area contributed by atoms with E-state index in [1.54, 1.807) is 0 Å². The van der Waals surface area contributed by atoms with Crippen LogP contribution in [0.4, 0.5) is 4.39 Å². The second-order valence-electron chi connectivity index (χ2n) is 7.23. The molecule has 1 fully saturated rings. The molecule has 1 saturated heterocycles. The molecular formula is C21H23FN4O2S. The summed E-state index contributed by atoms with van der Waals surface area (Å²) in [4.78, 5) is 11.7. The van der Waals surface area contributed by atoms with Crippen molar-refractivity contribution >= 4 is 21.1 Å². The highest BCUT2D eigenvalue weighted by atomic mass is 32.2. The highest BCUT2D eigenvalue weighted by Crippen LogP contribution is 2.20. The lowest BCUT2D eigenvalue weighted by Crippen LogP contribution is -2.35. The standard InChI is InChI=1S/C21H23FN4O2S/c1-16-21(24-20-6-3-2-5-19(20)23-16)15-25-11-4-12-26(14-13-25)29(27,28)18-9-7-17(22)8-10-18/h2-3,5-10H,4,11-15H2,1H3. The largest absolute Gasteiger partial charge is 0.296 e. The summed E-state index contributed by atoms with van der Waals surface area (Å²) in [7, 11) is -3.62. The first-order chi connectivity index (χ1) is 13.9. The first-order valence-corrected chi connectivity index (χ1v) is 11.1. The van der Waals surface area contributed by atoms with Gasteiger partial charge in [0.1, 0.15) is 5.82 Å². The van der Waals surface area contributed by atoms with Crippen molar-refractivity contribution in [2.75, 3.05) is 26.2 Å². The van der Waals surface area contributed by atoms with Crippen LogP contribution < -0.4 is 0 Å². The second kappa shape index (κ2) is 8.14. The van der Waals surface area contributed by atoms with Crippen LogP contribution in [0.1, 0.15) is 17.8 Å². The van der Waals surface area contributed by atoms with Crippen LogP contribution in [0.2, 0.25) is 0 Å². The van der Waals surface area contributed by atoms with Crippen LogP contribution in [0, 0.1) is 12.7 Å². The molecule has 1 aliphatic heterocycles. The lowest BCUT2D eigenvalue weighted by molar-refractivity contribution is 0.275. The normalized spacial score (nSPS) is 16.8. The first-order valence-electron chi connectivity index (χ1n) is 9.64. The minimum Gasteiger partial charge on any atom is -0.296 e. The molecule has 0 unspecified atom stereocenters. The molecule has 0 aliphatic carbocycles. The Morgan fingerprint density at radius 3 is 2.34 bits per heavy atom. The van der Waals surface area contributed by atoms with Crippen LogP contribution in [-0.2, 0) is 16.6 Å². The number of benzene rings is 2. The summed E-state index contributed by atoms with van der Waals surface area (Å²) in [6.45, 7) is 4.81. The number of aromatic nitrogens is 2. The van der Waals surface area contributed by atoms with Gasteiger partial charge >= 0.3 is 0 Å². The zero-order valence-electron chi connectivity index (χ0n) is 16.3. The quantitative estimate of drug-likeness (QED) is 0.657. The molecule has 0 bridgehead atoms. The van der Waals surface area contributed by atoms with Crippen LogP contribution in [0.3, 0.4) is 0 Å². The van der Waals surface area contributed by atoms with E-state index in [1.165, 1.54) is 28.6 Å². The van der Waals surface area contributed by atoms with Crippen molar-refractivity contribution in [1.29, 1.82) is 0 Å². The van der Waals surface area contributed by atoms with Gasteiger partial charge in [0.25, 0.3) is 0 Å². The minimum atomic E-state index is -3.62. The van der Waals surface area contributed by atoms with Crippen LogP contribution in [-0.4, -0.2) is 53.8 Å². The Morgan fingerprint density at radius 2 is 1.62 bits per heavy atom. The number of aryl methyl sites for hydroxylation is 1. The number of hydrogen-bond donors (Lipinski definition) is 0. The topological polar surface area (TPSA) is 66.4 Å². The Labute approximate surface area is 170 Å². The Bertz CT molecular complexity index is 1120. The third kappa shape index (κ3) is 4.29. The summed E-state index contributed by atoms with van der Waals surface area (Å²) >= 11 is 0. The van der Waals surface area contributed by atoms with Gasteiger partial charge in [-0.25, -0.2) is 22.8 Å². The number of halogens is 1. The smallest absolute Gasteiger partial charge is 0.243 e. The summed E-state index contributed by atoms with van der Waals surface area (Å²) < 4.78 is 40.4. The molecule has 4 rings (SSSR count). The van der Waals surface area contributed by atoms with Gasteiger partial charge in [0.2, 0.25) is 10.0 Å². The van der Waals surface area contributed by atoms with E-state index in [0.717, 1.165) is 35.4 Å². The van der Waals surface area contributed by atoms with E-state index < -0.39 is 15.8 Å². The van der Waals surface area contributed by atoms with Crippen molar-refractivity contribution in [3.8, 4) is 0 Å². The summed E-state index contributed by atoms with van der Waals surface area (Å²) in [6.07, 6.45) is 0.723. The predicted molar refractivity (Wildman–Crippen MR) is 109 cm³/mol. The van der Waals surface area contributed by atoms with E-state index >= 15 is 0 Å². The molecule has 6 nitrogen and oxygen atoms in total. The third-order valence-corrected chi connectivity index (χ3v) is 7.13. The summed E-state index contributed by atoms with van der Waals surface area (Å²) in [5.41, 5.74) is 3.55. The molecule has 0 N–H and O–H groups in total. The van der Waals surface area contributed by atoms with Crippen molar-refractivity contribution in [1.82, 2.24) is 19.2 Å². The summed E-state index contributed by atoms with van der Waals surface area (Å²) in [5, 5.41) is 0. The average Bonchev–Trinajstić information content (AvgIpc) is 2.95. The fourth-order valence-corrected chi connectivity index (χ4v) is 5.06. The second-order valence-corrected chi connectivity index (χ2v) is 9.17. The molecule has 8 heteroatoms. The van der Waals surface area contributed by atoms with Crippen molar-refractivity contribution in [3.63, 3.8) is 0 Å². The summed E-state index contributed by atoms with van der Waals surface area (Å²) in [6, 6.07) is 12.8. The van der Waals surface area contributed by atoms with Gasteiger partial charge in [0, 0.05) is 26.2 Å². The van der Waals surface area contributed by atoms with Gasteiger partial charge in [-0.05, 0) is 56.3 Å². The van der Waals surface area contributed by atoms with Crippen LogP contribution >= 0.6 is 0 Å². The van der Waals surface area contributed by atoms with Crippen molar-refractivity contribution in [2.45, 2.75) is 24.8 Å². The fourth-order valence-electron chi connectivity index (χ4n) is 3.59. The van der Waals surface area contributed by atoms with Gasteiger partial charge in [-0.3, -0.25) is 4.90 Å². The Kier molecular flexibility index (Phi) is 5.58. The van der Waals surface area contributed by atoms with Gasteiger partial charge in [-0.1, -0.05) is 12.1 Å². The minimum absolute atomic E-state index is 0.128. The van der Waals surface area contributed by atoms with Crippen LogP contribution in [0.25, 0.3) is 11.0 Å². The molecular weight excluding hydrogens is 391 g/mol. The van der Waals surface area contributed by atoms with Crippen LogP contribution in [0.5, 0.6) is 0 Å². The van der Waals surface area contributed by atoms with E-state index in [0.29, 0.717) is 26.2 Å². The first kappa shape index (κ1) is 19.9. The average molecular weight is 415 g/mol. The Hall–Kier alpha value is -2.42. The molecule has 2 aromatic carbocycles. The zero-order chi connectivity index (χ0) is 20.4. The molecule has 2 heterocycles. The predicted octanol–water partition coefficient (Wildman–Crippen LogP) is 2.97. The van der Waals surface area contributed by atoms with Crippen molar-refractivity contribution in [2.24, 2.45) is 0 Å². The van der Waals surface area contributed by atoms with Gasteiger partial charge in [0.05, 0.1) is 27.3 Å². The lowest BCUT2D eigenvalue weighted by atomic mass is 10.2. The van der Waals surface area contributed by atoms with Crippen molar-refractivity contribution in [3.05, 3.63) is 65.7 Å².